The van der Waals surface area contributed by atoms with Crippen LogP contribution < -0.4 is 0 Å². The Kier molecular flexibility index (Phi) is 4.48. The highest BCUT2D eigenvalue weighted by Crippen LogP contribution is 2.31. The van der Waals surface area contributed by atoms with Gasteiger partial charge in [0, 0.05) is 36.8 Å². The minimum atomic E-state index is -0.286. The third-order valence-electron chi connectivity index (χ3n) is 5.82. The summed E-state index contributed by atoms with van der Waals surface area (Å²) < 4.78 is 0. The standard InChI is InChI=1S/C24H19ClN2O3/c25-21-7-3-6-18-13-27(14-20(18)21)23(29)15-8-9-22(28)19(10-15)24(30)26-11-16-4-1-2-5-17(16)12-26/h1-10,28H,11-14H2. The molecule has 5 nitrogen and oxygen atoms in total. The minimum absolute atomic E-state index is 0.125. The minimum Gasteiger partial charge on any atom is -0.507 e. The molecule has 0 bridgehead atoms. The molecule has 0 saturated heterocycles. The zero-order chi connectivity index (χ0) is 20.8. The fourth-order valence-electron chi connectivity index (χ4n) is 4.19. The fourth-order valence-corrected chi connectivity index (χ4v) is 4.45. The molecule has 0 atom stereocenters. The Morgan fingerprint density at radius 1 is 0.767 bits per heavy atom. The van der Waals surface area contributed by atoms with Crippen molar-refractivity contribution in [2.75, 3.05) is 0 Å². The lowest BCUT2D eigenvalue weighted by Gasteiger charge is -2.19. The maximum atomic E-state index is 13.1. The second-order valence-corrected chi connectivity index (χ2v) is 8.11. The molecule has 2 amide bonds. The molecule has 0 aromatic heterocycles. The van der Waals surface area contributed by atoms with E-state index in [0.717, 1.165) is 22.3 Å². The third-order valence-corrected chi connectivity index (χ3v) is 6.17. The number of phenols is 1. The molecule has 0 radical (unpaired) electrons. The first-order valence-corrected chi connectivity index (χ1v) is 10.1. The molecule has 2 aliphatic rings. The van der Waals surface area contributed by atoms with Crippen LogP contribution in [0.25, 0.3) is 0 Å². The Balaban J connectivity index is 1.39. The summed E-state index contributed by atoms with van der Waals surface area (Å²) in [6.45, 7) is 1.89. The van der Waals surface area contributed by atoms with Crippen molar-refractivity contribution in [3.05, 3.63) is 99.1 Å². The second-order valence-electron chi connectivity index (χ2n) is 7.70. The van der Waals surface area contributed by atoms with E-state index in [0.29, 0.717) is 36.8 Å². The summed E-state index contributed by atoms with van der Waals surface area (Å²) in [5.74, 6) is -0.604. The molecular weight excluding hydrogens is 400 g/mol. The highest BCUT2D eigenvalue weighted by atomic mass is 35.5. The Labute approximate surface area is 179 Å². The topological polar surface area (TPSA) is 60.9 Å². The van der Waals surface area contributed by atoms with Gasteiger partial charge in [-0.2, -0.15) is 0 Å². The number of halogens is 1. The summed E-state index contributed by atoms with van der Waals surface area (Å²) in [5, 5.41) is 11.0. The molecule has 1 N–H and O–H groups in total. The number of hydrogen-bond acceptors (Lipinski definition) is 3. The van der Waals surface area contributed by atoms with Gasteiger partial charge >= 0.3 is 0 Å². The van der Waals surface area contributed by atoms with Crippen LogP contribution in [0.2, 0.25) is 5.02 Å². The van der Waals surface area contributed by atoms with Gasteiger partial charge in [-0.05, 0) is 46.5 Å². The number of hydrogen-bond donors (Lipinski definition) is 1. The van der Waals surface area contributed by atoms with E-state index in [1.54, 1.807) is 15.9 Å². The van der Waals surface area contributed by atoms with E-state index in [-0.39, 0.29) is 23.1 Å². The van der Waals surface area contributed by atoms with Gasteiger partial charge in [0.05, 0.1) is 5.56 Å². The Bertz CT molecular complexity index is 1170. The van der Waals surface area contributed by atoms with Crippen LogP contribution >= 0.6 is 11.6 Å². The first kappa shape index (κ1) is 18.7. The van der Waals surface area contributed by atoms with Crippen LogP contribution in [0.15, 0.2) is 60.7 Å². The van der Waals surface area contributed by atoms with Gasteiger partial charge in [-0.25, -0.2) is 0 Å². The summed E-state index contributed by atoms with van der Waals surface area (Å²) in [6.07, 6.45) is 0. The number of nitrogens with zero attached hydrogens (tertiary/aromatic N) is 2. The molecule has 0 aliphatic carbocycles. The van der Waals surface area contributed by atoms with Gasteiger partial charge in [-0.15, -0.1) is 0 Å². The number of carbonyl (C=O) groups excluding carboxylic acids is 2. The SMILES string of the molecule is O=C(c1ccc(O)c(C(=O)N2Cc3ccccc3C2)c1)N1Cc2cccc(Cl)c2C1. The van der Waals surface area contributed by atoms with E-state index in [9.17, 15) is 14.7 Å². The smallest absolute Gasteiger partial charge is 0.258 e. The van der Waals surface area contributed by atoms with Crippen molar-refractivity contribution in [3.8, 4) is 5.75 Å². The molecule has 0 saturated carbocycles. The van der Waals surface area contributed by atoms with Gasteiger partial charge in [0.1, 0.15) is 5.75 Å². The van der Waals surface area contributed by atoms with Crippen molar-refractivity contribution in [2.24, 2.45) is 0 Å². The maximum Gasteiger partial charge on any atom is 0.258 e. The summed E-state index contributed by atoms with van der Waals surface area (Å²) in [4.78, 5) is 29.5. The van der Waals surface area contributed by atoms with Crippen molar-refractivity contribution in [3.63, 3.8) is 0 Å². The predicted molar refractivity (Wildman–Crippen MR) is 113 cm³/mol. The number of amides is 2. The molecule has 30 heavy (non-hydrogen) atoms. The average molecular weight is 419 g/mol. The van der Waals surface area contributed by atoms with Gasteiger partial charge in [-0.3, -0.25) is 9.59 Å². The zero-order valence-electron chi connectivity index (χ0n) is 16.1. The van der Waals surface area contributed by atoms with E-state index < -0.39 is 0 Å². The van der Waals surface area contributed by atoms with Crippen molar-refractivity contribution < 1.29 is 14.7 Å². The highest BCUT2D eigenvalue weighted by Gasteiger charge is 2.29. The Morgan fingerprint density at radius 3 is 2.10 bits per heavy atom. The van der Waals surface area contributed by atoms with Crippen LogP contribution in [0.3, 0.4) is 0 Å². The molecule has 0 spiro atoms. The largest absolute Gasteiger partial charge is 0.507 e. The van der Waals surface area contributed by atoms with Gasteiger partial charge in [0.25, 0.3) is 11.8 Å². The number of rotatable bonds is 2. The first-order valence-electron chi connectivity index (χ1n) is 9.76. The summed E-state index contributed by atoms with van der Waals surface area (Å²) in [6, 6.07) is 18.0. The van der Waals surface area contributed by atoms with Gasteiger partial charge in [-0.1, -0.05) is 48.0 Å². The molecule has 0 fully saturated rings. The Hall–Kier alpha value is -3.31. The van der Waals surface area contributed by atoms with Gasteiger partial charge in [0.2, 0.25) is 0 Å². The lowest BCUT2D eigenvalue weighted by molar-refractivity contribution is 0.0747. The quantitative estimate of drug-likeness (QED) is 0.672. The molecule has 2 aliphatic heterocycles. The molecule has 0 unspecified atom stereocenters. The van der Waals surface area contributed by atoms with Gasteiger partial charge < -0.3 is 14.9 Å². The summed E-state index contributed by atoms with van der Waals surface area (Å²) in [7, 11) is 0. The molecular formula is C24H19ClN2O3. The van der Waals surface area contributed by atoms with E-state index in [1.807, 2.05) is 42.5 Å². The Morgan fingerprint density at radius 2 is 1.40 bits per heavy atom. The van der Waals surface area contributed by atoms with Crippen LogP contribution in [-0.2, 0) is 26.2 Å². The van der Waals surface area contributed by atoms with Crippen molar-refractivity contribution >= 4 is 23.4 Å². The number of phenolic OH excluding ortho intramolecular Hbond substituents is 1. The lowest BCUT2D eigenvalue weighted by Crippen LogP contribution is -2.27. The number of benzene rings is 3. The molecule has 2 heterocycles. The molecule has 3 aromatic rings. The normalized spacial score (nSPS) is 14.6. The van der Waals surface area contributed by atoms with Crippen LogP contribution in [0.1, 0.15) is 43.0 Å². The molecule has 6 heteroatoms. The van der Waals surface area contributed by atoms with E-state index >= 15 is 0 Å². The maximum absolute atomic E-state index is 13.1. The monoisotopic (exact) mass is 418 g/mol. The number of fused-ring (bicyclic) bond motifs is 2. The summed E-state index contributed by atoms with van der Waals surface area (Å²) >= 11 is 6.26. The van der Waals surface area contributed by atoms with Crippen molar-refractivity contribution in [1.82, 2.24) is 9.80 Å². The second kappa shape index (κ2) is 7.18. The van der Waals surface area contributed by atoms with E-state index in [2.05, 4.69) is 0 Å². The van der Waals surface area contributed by atoms with E-state index in [1.165, 1.54) is 12.1 Å². The summed E-state index contributed by atoms with van der Waals surface area (Å²) in [5.41, 5.74) is 4.70. The van der Waals surface area contributed by atoms with Gasteiger partial charge in [0.15, 0.2) is 0 Å². The average Bonchev–Trinajstić information content (AvgIpc) is 3.38. The fraction of sp³-hybridized carbons (Fsp3) is 0.167. The number of carbonyl (C=O) groups is 2. The predicted octanol–water partition coefficient (Wildman–Crippen LogP) is 4.36. The third kappa shape index (κ3) is 3.12. The number of aromatic hydroxyl groups is 1. The van der Waals surface area contributed by atoms with Crippen LogP contribution in [0.4, 0.5) is 0 Å². The van der Waals surface area contributed by atoms with Crippen molar-refractivity contribution in [1.29, 1.82) is 0 Å². The van der Waals surface area contributed by atoms with Crippen molar-refractivity contribution in [2.45, 2.75) is 26.2 Å². The van der Waals surface area contributed by atoms with Crippen LogP contribution in [0.5, 0.6) is 5.75 Å². The molecule has 150 valence electrons. The lowest BCUT2D eigenvalue weighted by atomic mass is 10.1. The highest BCUT2D eigenvalue weighted by molar-refractivity contribution is 6.31. The molecule has 5 rings (SSSR count). The molecule has 3 aromatic carbocycles. The zero-order valence-corrected chi connectivity index (χ0v) is 16.9. The first-order chi connectivity index (χ1) is 14.5. The van der Waals surface area contributed by atoms with Crippen LogP contribution in [0, 0.1) is 0 Å². The van der Waals surface area contributed by atoms with E-state index in [4.69, 9.17) is 11.6 Å². The van der Waals surface area contributed by atoms with Crippen LogP contribution in [-0.4, -0.2) is 26.7 Å².